The lowest BCUT2D eigenvalue weighted by molar-refractivity contribution is 0.0731. The van der Waals surface area contributed by atoms with E-state index < -0.39 is 0 Å². The first kappa shape index (κ1) is 13.8. The van der Waals surface area contributed by atoms with Crippen LogP contribution < -0.4 is 0 Å². The van der Waals surface area contributed by atoms with Crippen molar-refractivity contribution in [2.24, 2.45) is 0 Å². The molecule has 0 aliphatic carbocycles. The number of nitrogens with zero attached hydrogens (tertiary/aromatic N) is 2. The highest BCUT2D eigenvalue weighted by molar-refractivity contribution is 6.43. The first-order valence-electron chi connectivity index (χ1n) is 5.11. The molecule has 0 aromatic heterocycles. The number of amides is 1. The summed E-state index contributed by atoms with van der Waals surface area (Å²) in [5, 5.41) is 9.26. The van der Waals surface area contributed by atoms with Crippen LogP contribution in [-0.4, -0.2) is 23.4 Å². The third-order valence-corrected chi connectivity index (χ3v) is 3.13. The second-order valence-electron chi connectivity index (χ2n) is 3.79. The summed E-state index contributed by atoms with van der Waals surface area (Å²) >= 11 is 11.8. The number of halogens is 2. The topological polar surface area (TPSA) is 44.1 Å². The van der Waals surface area contributed by atoms with Gasteiger partial charge in [-0.15, -0.1) is 0 Å². The van der Waals surface area contributed by atoms with Gasteiger partial charge in [0.2, 0.25) is 0 Å². The quantitative estimate of drug-likeness (QED) is 0.791. The van der Waals surface area contributed by atoms with Crippen molar-refractivity contribution in [3.05, 3.63) is 33.8 Å². The van der Waals surface area contributed by atoms with Crippen LogP contribution in [0.4, 0.5) is 0 Å². The third-order valence-electron chi connectivity index (χ3n) is 2.31. The highest BCUT2D eigenvalue weighted by atomic mass is 35.5. The van der Waals surface area contributed by atoms with Crippen molar-refractivity contribution in [3.8, 4) is 6.07 Å². The molecule has 0 saturated heterocycles. The monoisotopic (exact) mass is 270 g/mol. The Morgan fingerprint density at radius 2 is 2.12 bits per heavy atom. The molecule has 1 amide bonds. The molecule has 0 N–H and O–H groups in total. The molecule has 0 bridgehead atoms. The van der Waals surface area contributed by atoms with E-state index >= 15 is 0 Å². The molecule has 0 saturated carbocycles. The summed E-state index contributed by atoms with van der Waals surface area (Å²) in [4.78, 5) is 13.6. The fourth-order valence-electron chi connectivity index (χ4n) is 1.39. The highest BCUT2D eigenvalue weighted by Gasteiger charge is 2.21. The summed E-state index contributed by atoms with van der Waals surface area (Å²) < 4.78 is 0. The van der Waals surface area contributed by atoms with Gasteiger partial charge in [-0.25, -0.2) is 0 Å². The Morgan fingerprint density at radius 3 is 2.65 bits per heavy atom. The van der Waals surface area contributed by atoms with E-state index in [0.717, 1.165) is 0 Å². The summed E-state index contributed by atoms with van der Waals surface area (Å²) in [5.41, 5.74) is 0.322. The molecule has 3 nitrogen and oxygen atoms in total. The number of carbonyl (C=O) groups excluding carboxylic acids is 1. The molecule has 1 aromatic carbocycles. The van der Waals surface area contributed by atoms with Crippen molar-refractivity contribution in [1.29, 1.82) is 5.26 Å². The third kappa shape index (κ3) is 3.12. The van der Waals surface area contributed by atoms with Gasteiger partial charge in [-0.2, -0.15) is 5.26 Å². The summed E-state index contributed by atoms with van der Waals surface area (Å²) in [5.74, 6) is -0.283. The number of nitriles is 1. The zero-order chi connectivity index (χ0) is 13.0. The van der Waals surface area contributed by atoms with E-state index in [1.165, 1.54) is 4.90 Å². The first-order chi connectivity index (χ1) is 7.99. The smallest absolute Gasteiger partial charge is 0.256 e. The molecule has 0 aliphatic rings. The molecule has 5 heteroatoms. The predicted molar refractivity (Wildman–Crippen MR) is 68.2 cm³/mol. The molecule has 0 aliphatic heterocycles. The van der Waals surface area contributed by atoms with Crippen LogP contribution in [0.2, 0.25) is 10.0 Å². The standard InChI is InChI=1S/C12H12Cl2N2O/c1-8(2)16(7-6-15)12(17)9-4-3-5-10(13)11(9)14/h3-5,8H,7H2,1-2H3. The van der Waals surface area contributed by atoms with Gasteiger partial charge in [-0.3, -0.25) is 4.79 Å². The van der Waals surface area contributed by atoms with Crippen LogP contribution in [-0.2, 0) is 0 Å². The Kier molecular flexibility index (Phi) is 4.80. The molecule has 90 valence electrons. The van der Waals surface area contributed by atoms with E-state index in [9.17, 15) is 4.79 Å². The molecule has 0 heterocycles. The molecular weight excluding hydrogens is 259 g/mol. The van der Waals surface area contributed by atoms with Crippen molar-refractivity contribution in [2.45, 2.75) is 19.9 Å². The molecule has 0 unspecified atom stereocenters. The van der Waals surface area contributed by atoms with Gasteiger partial charge in [0.1, 0.15) is 6.54 Å². The second-order valence-corrected chi connectivity index (χ2v) is 4.57. The SMILES string of the molecule is CC(C)N(CC#N)C(=O)c1cccc(Cl)c1Cl. The molecule has 0 spiro atoms. The second kappa shape index (κ2) is 5.90. The Balaban J connectivity index is 3.11. The van der Waals surface area contributed by atoms with Crippen LogP contribution in [0.1, 0.15) is 24.2 Å². The number of hydrogen-bond donors (Lipinski definition) is 0. The van der Waals surface area contributed by atoms with Crippen molar-refractivity contribution >= 4 is 29.1 Å². The summed E-state index contributed by atoms with van der Waals surface area (Å²) in [6.07, 6.45) is 0. The van der Waals surface area contributed by atoms with Crippen molar-refractivity contribution in [1.82, 2.24) is 4.90 Å². The minimum atomic E-state index is -0.283. The largest absolute Gasteiger partial charge is 0.323 e. The summed E-state index contributed by atoms with van der Waals surface area (Å²) in [6, 6.07) is 6.77. The van der Waals surface area contributed by atoms with Gasteiger partial charge < -0.3 is 4.90 Å². The fourth-order valence-corrected chi connectivity index (χ4v) is 1.77. The lowest BCUT2D eigenvalue weighted by Gasteiger charge is -2.24. The normalized spacial score (nSPS) is 10.1. The zero-order valence-electron chi connectivity index (χ0n) is 9.58. The minimum Gasteiger partial charge on any atom is -0.323 e. The van der Waals surface area contributed by atoms with Gasteiger partial charge in [0.05, 0.1) is 21.7 Å². The number of benzene rings is 1. The molecule has 0 radical (unpaired) electrons. The van der Waals surface area contributed by atoms with Crippen molar-refractivity contribution in [2.75, 3.05) is 6.54 Å². The Labute approximate surface area is 111 Å². The van der Waals surface area contributed by atoms with E-state index in [1.807, 2.05) is 19.9 Å². The van der Waals surface area contributed by atoms with E-state index in [-0.39, 0.29) is 23.5 Å². The Morgan fingerprint density at radius 1 is 1.47 bits per heavy atom. The van der Waals surface area contributed by atoms with Gasteiger partial charge in [-0.1, -0.05) is 29.3 Å². The number of rotatable bonds is 3. The number of carbonyl (C=O) groups is 1. The fraction of sp³-hybridized carbons (Fsp3) is 0.333. The van der Waals surface area contributed by atoms with Crippen molar-refractivity contribution < 1.29 is 4.79 Å². The lowest BCUT2D eigenvalue weighted by atomic mass is 10.1. The molecular formula is C12H12Cl2N2O. The van der Waals surface area contributed by atoms with Crippen LogP contribution in [0.5, 0.6) is 0 Å². The maximum absolute atomic E-state index is 12.2. The highest BCUT2D eigenvalue weighted by Crippen LogP contribution is 2.26. The van der Waals surface area contributed by atoms with Crippen LogP contribution in [0, 0.1) is 11.3 Å². The van der Waals surface area contributed by atoms with Crippen LogP contribution in [0.15, 0.2) is 18.2 Å². The molecule has 1 aromatic rings. The van der Waals surface area contributed by atoms with Crippen LogP contribution in [0.3, 0.4) is 0 Å². The molecule has 0 atom stereocenters. The van der Waals surface area contributed by atoms with Crippen LogP contribution in [0.25, 0.3) is 0 Å². The van der Waals surface area contributed by atoms with E-state index in [1.54, 1.807) is 18.2 Å². The average Bonchev–Trinajstić information content (AvgIpc) is 2.28. The van der Waals surface area contributed by atoms with Crippen LogP contribution >= 0.6 is 23.2 Å². The molecule has 1 rings (SSSR count). The number of hydrogen-bond acceptors (Lipinski definition) is 2. The van der Waals surface area contributed by atoms with Crippen molar-refractivity contribution in [3.63, 3.8) is 0 Å². The predicted octanol–water partition coefficient (Wildman–Crippen LogP) is 3.37. The van der Waals surface area contributed by atoms with Gasteiger partial charge in [0.25, 0.3) is 5.91 Å². The summed E-state index contributed by atoms with van der Waals surface area (Å²) in [6.45, 7) is 3.71. The van der Waals surface area contributed by atoms with E-state index in [4.69, 9.17) is 28.5 Å². The Bertz CT molecular complexity index is 466. The lowest BCUT2D eigenvalue weighted by Crippen LogP contribution is -2.37. The van der Waals surface area contributed by atoms with E-state index in [2.05, 4.69) is 0 Å². The van der Waals surface area contributed by atoms with E-state index in [0.29, 0.717) is 10.6 Å². The minimum absolute atomic E-state index is 0.0271. The van der Waals surface area contributed by atoms with Gasteiger partial charge in [-0.05, 0) is 26.0 Å². The van der Waals surface area contributed by atoms with Gasteiger partial charge in [0, 0.05) is 6.04 Å². The Hall–Kier alpha value is -1.24. The molecule has 0 fully saturated rings. The maximum atomic E-state index is 12.2. The average molecular weight is 271 g/mol. The summed E-state index contributed by atoms with van der Waals surface area (Å²) in [7, 11) is 0. The first-order valence-corrected chi connectivity index (χ1v) is 5.86. The zero-order valence-corrected chi connectivity index (χ0v) is 11.1. The maximum Gasteiger partial charge on any atom is 0.256 e. The van der Waals surface area contributed by atoms with Gasteiger partial charge in [0.15, 0.2) is 0 Å². The van der Waals surface area contributed by atoms with Gasteiger partial charge >= 0.3 is 0 Å². The molecule has 17 heavy (non-hydrogen) atoms.